The second-order valence-electron chi connectivity index (χ2n) is 5.05. The number of hydrogen-bond donors (Lipinski definition) is 2. The van der Waals surface area contributed by atoms with Gasteiger partial charge in [-0.15, -0.1) is 0 Å². The average molecular weight is 374 g/mol. The lowest BCUT2D eigenvalue weighted by Gasteiger charge is -2.13. The Bertz CT molecular complexity index is 813. The van der Waals surface area contributed by atoms with Crippen molar-refractivity contribution < 1.29 is 22.7 Å². The Labute approximate surface area is 145 Å². The van der Waals surface area contributed by atoms with Crippen LogP contribution in [0.1, 0.15) is 18.1 Å². The number of aliphatic hydroxyl groups excluding tert-OH is 1. The molecule has 0 saturated heterocycles. The van der Waals surface area contributed by atoms with Gasteiger partial charge in [-0.2, -0.15) is 0 Å². The van der Waals surface area contributed by atoms with E-state index < -0.39 is 21.9 Å². The van der Waals surface area contributed by atoms with Gasteiger partial charge in [-0.3, -0.25) is 0 Å². The fourth-order valence-electron chi connectivity index (χ4n) is 2.15. The maximum Gasteiger partial charge on any atom is 0.244 e. The first-order chi connectivity index (χ1) is 11.3. The number of methoxy groups -OCH3 is 1. The normalized spacial score (nSPS) is 12.8. The molecular formula is C16H17ClFNO4S. The first kappa shape index (κ1) is 18.7. The van der Waals surface area contributed by atoms with Gasteiger partial charge in [0.1, 0.15) is 16.5 Å². The number of hydrogen-bond acceptors (Lipinski definition) is 4. The Hall–Kier alpha value is -1.67. The maximum atomic E-state index is 13.3. The van der Waals surface area contributed by atoms with Crippen LogP contribution in [0.3, 0.4) is 0 Å². The second-order valence-corrected chi connectivity index (χ2v) is 7.22. The van der Waals surface area contributed by atoms with Crippen molar-refractivity contribution in [2.24, 2.45) is 0 Å². The van der Waals surface area contributed by atoms with Crippen molar-refractivity contribution in [1.82, 2.24) is 4.72 Å². The summed E-state index contributed by atoms with van der Waals surface area (Å²) in [6, 6.07) is 9.91. The Morgan fingerprint density at radius 1 is 1.29 bits per heavy atom. The van der Waals surface area contributed by atoms with E-state index in [-0.39, 0.29) is 23.6 Å². The smallest absolute Gasteiger partial charge is 0.244 e. The molecule has 24 heavy (non-hydrogen) atoms. The van der Waals surface area contributed by atoms with Crippen LogP contribution in [-0.4, -0.2) is 27.2 Å². The highest BCUT2D eigenvalue weighted by Gasteiger charge is 2.20. The van der Waals surface area contributed by atoms with Crippen LogP contribution in [0.2, 0.25) is 5.02 Å². The molecule has 0 spiro atoms. The molecule has 5 nitrogen and oxygen atoms in total. The molecule has 2 aromatic carbocycles. The molecule has 0 bridgehead atoms. The molecule has 0 aliphatic carbocycles. The van der Waals surface area contributed by atoms with Gasteiger partial charge in [0.2, 0.25) is 10.0 Å². The lowest BCUT2D eigenvalue weighted by atomic mass is 10.1. The van der Waals surface area contributed by atoms with Gasteiger partial charge in [-0.1, -0.05) is 23.7 Å². The van der Waals surface area contributed by atoms with E-state index in [9.17, 15) is 17.9 Å². The fourth-order valence-corrected chi connectivity index (χ4v) is 3.57. The van der Waals surface area contributed by atoms with Crippen LogP contribution in [0.5, 0.6) is 5.75 Å². The molecule has 0 aliphatic heterocycles. The van der Waals surface area contributed by atoms with Gasteiger partial charge in [0.25, 0.3) is 0 Å². The Morgan fingerprint density at radius 2 is 2.04 bits per heavy atom. The molecule has 0 aliphatic rings. The molecule has 0 fully saturated rings. The molecule has 0 heterocycles. The summed E-state index contributed by atoms with van der Waals surface area (Å²) < 4.78 is 45.1. The Kier molecular flexibility index (Phi) is 6.17. The number of halogens is 2. The summed E-state index contributed by atoms with van der Waals surface area (Å²) in [5.41, 5.74) is 0.588. The predicted molar refractivity (Wildman–Crippen MR) is 89.2 cm³/mol. The number of ether oxygens (including phenoxy) is 1. The molecule has 0 radical (unpaired) electrons. The third kappa shape index (κ3) is 4.67. The monoisotopic (exact) mass is 373 g/mol. The maximum absolute atomic E-state index is 13.3. The molecule has 0 unspecified atom stereocenters. The summed E-state index contributed by atoms with van der Waals surface area (Å²) in [4.78, 5) is -0.290. The SMILES string of the molecule is COc1ccc(F)cc1S(=O)(=O)NCC[C@@H](O)c1cccc(Cl)c1. The van der Waals surface area contributed by atoms with E-state index in [0.717, 1.165) is 12.1 Å². The van der Waals surface area contributed by atoms with Gasteiger partial charge in [0, 0.05) is 11.6 Å². The largest absolute Gasteiger partial charge is 0.495 e. The van der Waals surface area contributed by atoms with Gasteiger partial charge in [-0.25, -0.2) is 17.5 Å². The summed E-state index contributed by atoms with van der Waals surface area (Å²) in [6.07, 6.45) is -0.738. The number of nitrogens with one attached hydrogen (secondary N) is 1. The van der Waals surface area contributed by atoms with E-state index in [1.54, 1.807) is 24.3 Å². The molecule has 8 heteroatoms. The Balaban J connectivity index is 2.04. The van der Waals surface area contributed by atoms with Crippen LogP contribution in [0.4, 0.5) is 4.39 Å². The number of rotatable bonds is 7. The van der Waals surface area contributed by atoms with Crippen LogP contribution < -0.4 is 9.46 Å². The van der Waals surface area contributed by atoms with E-state index in [2.05, 4.69) is 4.72 Å². The lowest BCUT2D eigenvalue weighted by molar-refractivity contribution is 0.169. The quantitative estimate of drug-likeness (QED) is 0.782. The lowest BCUT2D eigenvalue weighted by Crippen LogP contribution is -2.26. The number of benzene rings is 2. The molecule has 2 aromatic rings. The average Bonchev–Trinajstić information content (AvgIpc) is 2.54. The third-order valence-corrected chi connectivity index (χ3v) is 5.08. The third-order valence-electron chi connectivity index (χ3n) is 3.36. The predicted octanol–water partition coefficient (Wildman–Crippen LogP) is 2.89. The summed E-state index contributed by atoms with van der Waals surface area (Å²) in [5.74, 6) is -0.644. The van der Waals surface area contributed by atoms with Crippen LogP contribution in [-0.2, 0) is 10.0 Å². The van der Waals surface area contributed by atoms with Crippen LogP contribution in [0, 0.1) is 5.82 Å². The van der Waals surface area contributed by atoms with Crippen molar-refractivity contribution in [2.45, 2.75) is 17.4 Å². The zero-order chi connectivity index (χ0) is 17.7. The minimum absolute atomic E-state index is 0.0321. The van der Waals surface area contributed by atoms with Crippen LogP contribution >= 0.6 is 11.6 Å². The second kappa shape index (κ2) is 7.94. The zero-order valence-corrected chi connectivity index (χ0v) is 14.4. The van der Waals surface area contributed by atoms with Gasteiger partial charge < -0.3 is 9.84 Å². The summed E-state index contributed by atoms with van der Waals surface area (Å²) >= 11 is 5.85. The van der Waals surface area contributed by atoms with Crippen LogP contribution in [0.25, 0.3) is 0 Å². The first-order valence-electron chi connectivity index (χ1n) is 7.10. The summed E-state index contributed by atoms with van der Waals surface area (Å²) in [6.45, 7) is -0.0321. The van der Waals surface area contributed by atoms with E-state index >= 15 is 0 Å². The van der Waals surface area contributed by atoms with Gasteiger partial charge in [0.15, 0.2) is 0 Å². The highest BCUT2D eigenvalue weighted by molar-refractivity contribution is 7.89. The van der Waals surface area contributed by atoms with Crippen molar-refractivity contribution in [3.05, 3.63) is 58.9 Å². The highest BCUT2D eigenvalue weighted by Crippen LogP contribution is 2.25. The van der Waals surface area contributed by atoms with E-state index in [1.807, 2.05) is 0 Å². The molecule has 0 saturated carbocycles. The molecular weight excluding hydrogens is 357 g/mol. The minimum atomic E-state index is -3.96. The van der Waals surface area contributed by atoms with Crippen molar-refractivity contribution in [3.63, 3.8) is 0 Å². The number of aliphatic hydroxyl groups is 1. The summed E-state index contributed by atoms with van der Waals surface area (Å²) in [7, 11) is -2.66. The number of sulfonamides is 1. The van der Waals surface area contributed by atoms with Crippen LogP contribution in [0.15, 0.2) is 47.4 Å². The first-order valence-corrected chi connectivity index (χ1v) is 8.96. The van der Waals surface area contributed by atoms with E-state index in [4.69, 9.17) is 16.3 Å². The fraction of sp³-hybridized carbons (Fsp3) is 0.250. The topological polar surface area (TPSA) is 75.6 Å². The highest BCUT2D eigenvalue weighted by atomic mass is 35.5. The van der Waals surface area contributed by atoms with E-state index in [0.29, 0.717) is 10.6 Å². The molecule has 1 atom stereocenters. The molecule has 0 aromatic heterocycles. The standard InChI is InChI=1S/C16H17ClFNO4S/c1-23-15-6-5-13(18)10-16(15)24(21,22)19-8-7-14(20)11-3-2-4-12(17)9-11/h2-6,9-10,14,19-20H,7-8H2,1H3/t14-/m1/s1. The van der Waals surface area contributed by atoms with Crippen molar-refractivity contribution >= 4 is 21.6 Å². The van der Waals surface area contributed by atoms with Gasteiger partial charge in [-0.05, 0) is 42.3 Å². The van der Waals surface area contributed by atoms with Gasteiger partial charge in [0.05, 0.1) is 13.2 Å². The van der Waals surface area contributed by atoms with E-state index in [1.165, 1.54) is 13.2 Å². The zero-order valence-electron chi connectivity index (χ0n) is 12.9. The molecule has 0 amide bonds. The van der Waals surface area contributed by atoms with Crippen molar-refractivity contribution in [2.75, 3.05) is 13.7 Å². The molecule has 2 N–H and O–H groups in total. The molecule has 2 rings (SSSR count). The minimum Gasteiger partial charge on any atom is -0.495 e. The van der Waals surface area contributed by atoms with Crippen molar-refractivity contribution in [1.29, 1.82) is 0 Å². The Morgan fingerprint density at radius 3 is 2.71 bits per heavy atom. The summed E-state index contributed by atoms with van der Waals surface area (Å²) in [5, 5.41) is 10.6. The van der Waals surface area contributed by atoms with Gasteiger partial charge >= 0.3 is 0 Å². The van der Waals surface area contributed by atoms with Crippen molar-refractivity contribution in [3.8, 4) is 5.75 Å². The molecule has 130 valence electrons.